The predicted octanol–water partition coefficient (Wildman–Crippen LogP) is 3.19. The standard InChI is InChI=1S/C17H26N2O2/c1-3-13-7-9-14(10-8-13)18-12-17(20)19-15-5-4-6-16(11-15)21-2/h4-6,11,13-14,18H,3,7-10,12H2,1-2H3,(H,19,20). The van der Waals surface area contributed by atoms with Crippen LogP contribution in [0.4, 0.5) is 5.69 Å². The van der Waals surface area contributed by atoms with Crippen molar-refractivity contribution < 1.29 is 9.53 Å². The fraction of sp³-hybridized carbons (Fsp3) is 0.588. The zero-order chi connectivity index (χ0) is 15.1. The number of ether oxygens (including phenoxy) is 1. The van der Waals surface area contributed by atoms with Gasteiger partial charge < -0.3 is 15.4 Å². The summed E-state index contributed by atoms with van der Waals surface area (Å²) in [7, 11) is 1.62. The number of amides is 1. The normalized spacial score (nSPS) is 21.8. The van der Waals surface area contributed by atoms with E-state index in [-0.39, 0.29) is 5.91 Å². The van der Waals surface area contributed by atoms with Crippen LogP contribution in [-0.2, 0) is 4.79 Å². The van der Waals surface area contributed by atoms with E-state index < -0.39 is 0 Å². The molecular formula is C17H26N2O2. The van der Waals surface area contributed by atoms with E-state index in [4.69, 9.17) is 4.74 Å². The average molecular weight is 290 g/mol. The molecule has 0 atom stereocenters. The molecule has 1 aliphatic rings. The average Bonchev–Trinajstić information content (AvgIpc) is 2.53. The highest BCUT2D eigenvalue weighted by Gasteiger charge is 2.19. The monoisotopic (exact) mass is 290 g/mol. The number of rotatable bonds is 6. The van der Waals surface area contributed by atoms with Crippen LogP contribution in [0, 0.1) is 5.92 Å². The molecule has 0 aromatic heterocycles. The second-order valence-electron chi connectivity index (χ2n) is 5.79. The van der Waals surface area contributed by atoms with Gasteiger partial charge in [-0.3, -0.25) is 4.79 Å². The van der Waals surface area contributed by atoms with Gasteiger partial charge in [0, 0.05) is 17.8 Å². The predicted molar refractivity (Wildman–Crippen MR) is 85.7 cm³/mol. The number of methoxy groups -OCH3 is 1. The fourth-order valence-corrected chi connectivity index (χ4v) is 2.92. The lowest BCUT2D eigenvalue weighted by Crippen LogP contribution is -2.38. The smallest absolute Gasteiger partial charge is 0.238 e. The van der Waals surface area contributed by atoms with Crippen molar-refractivity contribution in [2.24, 2.45) is 5.92 Å². The summed E-state index contributed by atoms with van der Waals surface area (Å²) >= 11 is 0. The Morgan fingerprint density at radius 3 is 2.71 bits per heavy atom. The highest BCUT2D eigenvalue weighted by Crippen LogP contribution is 2.26. The van der Waals surface area contributed by atoms with Gasteiger partial charge in [0.15, 0.2) is 0 Å². The molecule has 21 heavy (non-hydrogen) atoms. The van der Waals surface area contributed by atoms with Gasteiger partial charge >= 0.3 is 0 Å². The molecule has 116 valence electrons. The van der Waals surface area contributed by atoms with Crippen molar-refractivity contribution >= 4 is 11.6 Å². The molecule has 1 saturated carbocycles. The maximum atomic E-state index is 12.0. The maximum absolute atomic E-state index is 12.0. The first-order valence-corrected chi connectivity index (χ1v) is 7.88. The summed E-state index contributed by atoms with van der Waals surface area (Å²) in [6, 6.07) is 7.91. The first-order chi connectivity index (χ1) is 10.2. The minimum Gasteiger partial charge on any atom is -0.497 e. The first-order valence-electron chi connectivity index (χ1n) is 7.88. The topological polar surface area (TPSA) is 50.4 Å². The second kappa shape index (κ2) is 8.03. The Hall–Kier alpha value is -1.55. The zero-order valence-electron chi connectivity index (χ0n) is 13.0. The Kier molecular flexibility index (Phi) is 6.05. The van der Waals surface area contributed by atoms with Gasteiger partial charge in [-0.25, -0.2) is 0 Å². The molecule has 0 saturated heterocycles. The number of benzene rings is 1. The molecule has 0 spiro atoms. The summed E-state index contributed by atoms with van der Waals surface area (Å²) in [4.78, 5) is 12.0. The number of carbonyl (C=O) groups is 1. The van der Waals surface area contributed by atoms with Gasteiger partial charge in [-0.1, -0.05) is 19.4 Å². The van der Waals surface area contributed by atoms with E-state index in [1.165, 1.54) is 32.1 Å². The van der Waals surface area contributed by atoms with Crippen LogP contribution in [0.3, 0.4) is 0 Å². The van der Waals surface area contributed by atoms with Gasteiger partial charge in [0.1, 0.15) is 5.75 Å². The van der Waals surface area contributed by atoms with E-state index in [1.54, 1.807) is 7.11 Å². The van der Waals surface area contributed by atoms with Crippen molar-refractivity contribution in [1.82, 2.24) is 5.32 Å². The Bertz CT molecular complexity index is 454. The van der Waals surface area contributed by atoms with Crippen LogP contribution in [0.2, 0.25) is 0 Å². The molecule has 0 unspecified atom stereocenters. The van der Waals surface area contributed by atoms with Crippen LogP contribution in [0.1, 0.15) is 39.0 Å². The number of hydrogen-bond acceptors (Lipinski definition) is 3. The van der Waals surface area contributed by atoms with Crippen LogP contribution < -0.4 is 15.4 Å². The SMILES string of the molecule is CCC1CCC(NCC(=O)Nc2cccc(OC)c2)CC1. The van der Waals surface area contributed by atoms with Crippen molar-refractivity contribution in [3.05, 3.63) is 24.3 Å². The summed E-state index contributed by atoms with van der Waals surface area (Å²) in [5.74, 6) is 1.63. The van der Waals surface area contributed by atoms with E-state index in [0.29, 0.717) is 12.6 Å². The lowest BCUT2D eigenvalue weighted by molar-refractivity contribution is -0.115. The van der Waals surface area contributed by atoms with E-state index in [0.717, 1.165) is 17.4 Å². The van der Waals surface area contributed by atoms with Crippen molar-refractivity contribution in [3.8, 4) is 5.75 Å². The van der Waals surface area contributed by atoms with Gasteiger partial charge in [0.25, 0.3) is 0 Å². The molecule has 0 bridgehead atoms. The van der Waals surface area contributed by atoms with E-state index in [2.05, 4.69) is 17.6 Å². The lowest BCUT2D eigenvalue weighted by atomic mass is 9.84. The van der Waals surface area contributed by atoms with Gasteiger partial charge in [-0.2, -0.15) is 0 Å². The summed E-state index contributed by atoms with van der Waals surface area (Å²) in [6.07, 6.45) is 6.22. The second-order valence-corrected chi connectivity index (χ2v) is 5.79. The van der Waals surface area contributed by atoms with Crippen LogP contribution in [0.25, 0.3) is 0 Å². The Morgan fingerprint density at radius 2 is 2.05 bits per heavy atom. The molecule has 1 fully saturated rings. The number of anilines is 1. The minimum absolute atomic E-state index is 0.000804. The molecule has 1 aromatic carbocycles. The molecule has 2 rings (SSSR count). The summed E-state index contributed by atoms with van der Waals surface area (Å²) in [6.45, 7) is 2.64. The third-order valence-corrected chi connectivity index (χ3v) is 4.33. The van der Waals surface area contributed by atoms with E-state index in [9.17, 15) is 4.79 Å². The first kappa shape index (κ1) is 15.8. The number of hydrogen-bond donors (Lipinski definition) is 2. The van der Waals surface area contributed by atoms with Crippen molar-refractivity contribution in [1.29, 1.82) is 0 Å². The van der Waals surface area contributed by atoms with Gasteiger partial charge in [0.2, 0.25) is 5.91 Å². The lowest BCUT2D eigenvalue weighted by Gasteiger charge is -2.28. The van der Waals surface area contributed by atoms with E-state index >= 15 is 0 Å². The molecule has 2 N–H and O–H groups in total. The summed E-state index contributed by atoms with van der Waals surface area (Å²) in [5.41, 5.74) is 0.774. The zero-order valence-corrected chi connectivity index (χ0v) is 13.0. The van der Waals surface area contributed by atoms with Crippen molar-refractivity contribution in [2.45, 2.75) is 45.1 Å². The van der Waals surface area contributed by atoms with E-state index in [1.807, 2.05) is 24.3 Å². The molecular weight excluding hydrogens is 264 g/mol. The third-order valence-electron chi connectivity index (χ3n) is 4.33. The molecule has 1 amide bonds. The Labute approximate surface area is 127 Å². The van der Waals surface area contributed by atoms with Crippen LogP contribution in [-0.4, -0.2) is 25.6 Å². The Morgan fingerprint density at radius 1 is 1.29 bits per heavy atom. The minimum atomic E-state index is 0.000804. The molecule has 4 nitrogen and oxygen atoms in total. The van der Waals surface area contributed by atoms with Crippen LogP contribution in [0.15, 0.2) is 24.3 Å². The third kappa shape index (κ3) is 5.05. The van der Waals surface area contributed by atoms with Crippen molar-refractivity contribution in [3.63, 3.8) is 0 Å². The quantitative estimate of drug-likeness (QED) is 0.846. The molecule has 1 aromatic rings. The molecule has 0 radical (unpaired) electrons. The number of carbonyl (C=O) groups excluding carboxylic acids is 1. The maximum Gasteiger partial charge on any atom is 0.238 e. The summed E-state index contributed by atoms with van der Waals surface area (Å²) < 4.78 is 5.15. The van der Waals surface area contributed by atoms with Crippen LogP contribution >= 0.6 is 0 Å². The molecule has 4 heteroatoms. The van der Waals surface area contributed by atoms with Gasteiger partial charge in [-0.05, 0) is 43.7 Å². The molecule has 0 aliphatic heterocycles. The largest absolute Gasteiger partial charge is 0.497 e. The highest BCUT2D eigenvalue weighted by molar-refractivity contribution is 5.92. The highest BCUT2D eigenvalue weighted by atomic mass is 16.5. The summed E-state index contributed by atoms with van der Waals surface area (Å²) in [5, 5.41) is 6.27. The molecule has 1 aliphatic carbocycles. The van der Waals surface area contributed by atoms with Gasteiger partial charge in [0.05, 0.1) is 13.7 Å². The van der Waals surface area contributed by atoms with Crippen LogP contribution in [0.5, 0.6) is 5.75 Å². The van der Waals surface area contributed by atoms with Crippen molar-refractivity contribution in [2.75, 3.05) is 19.0 Å². The number of nitrogens with one attached hydrogen (secondary N) is 2. The fourth-order valence-electron chi connectivity index (χ4n) is 2.92. The van der Waals surface area contributed by atoms with Gasteiger partial charge in [-0.15, -0.1) is 0 Å². The Balaban J connectivity index is 1.72. The molecule has 0 heterocycles.